The molecule has 0 amide bonds. The van der Waals surface area contributed by atoms with Crippen LogP contribution >= 0.6 is 0 Å². The molecule has 0 unspecified atom stereocenters. The van der Waals surface area contributed by atoms with Crippen molar-refractivity contribution in [1.82, 2.24) is 0 Å². The molecule has 0 fully saturated rings. The van der Waals surface area contributed by atoms with Gasteiger partial charge in [0.2, 0.25) is 0 Å². The number of fused-ring (bicyclic) bond motifs is 1. The summed E-state index contributed by atoms with van der Waals surface area (Å²) in [7, 11) is 0. The van der Waals surface area contributed by atoms with Crippen LogP contribution in [0.25, 0.3) is 10.8 Å². The summed E-state index contributed by atoms with van der Waals surface area (Å²) in [6, 6.07) is 13.6. The lowest BCUT2D eigenvalue weighted by Gasteiger charge is -2.06. The molecule has 0 heterocycles. The zero-order valence-corrected chi connectivity index (χ0v) is 15.5. The third-order valence-electron chi connectivity index (χ3n) is 4.23. The molecule has 4 nitrogen and oxygen atoms in total. The Morgan fingerprint density at radius 1 is 0.808 bits per heavy atom. The summed E-state index contributed by atoms with van der Waals surface area (Å²) in [5.74, 6) is 0.201. The van der Waals surface area contributed by atoms with Gasteiger partial charge in [0.05, 0.1) is 6.61 Å². The van der Waals surface area contributed by atoms with Gasteiger partial charge in [-0.25, -0.2) is 0 Å². The van der Waals surface area contributed by atoms with Gasteiger partial charge >= 0.3 is 11.9 Å². The zero-order valence-electron chi connectivity index (χ0n) is 15.5. The molecule has 0 aliphatic heterocycles. The van der Waals surface area contributed by atoms with Crippen LogP contribution in [0.15, 0.2) is 42.5 Å². The molecule has 26 heavy (non-hydrogen) atoms. The largest absolute Gasteiger partial charge is 0.466 e. The Morgan fingerprint density at radius 3 is 2.31 bits per heavy atom. The van der Waals surface area contributed by atoms with E-state index in [2.05, 4.69) is 6.92 Å². The molecule has 0 atom stereocenters. The minimum atomic E-state index is -0.234. The molecule has 0 spiro atoms. The smallest absolute Gasteiger partial charge is 0.311 e. The van der Waals surface area contributed by atoms with Crippen molar-refractivity contribution in [3.05, 3.63) is 42.5 Å². The summed E-state index contributed by atoms with van der Waals surface area (Å²) in [5, 5.41) is 2.17. The minimum absolute atomic E-state index is 0.139. The lowest BCUT2D eigenvalue weighted by Crippen LogP contribution is -2.08. The summed E-state index contributed by atoms with van der Waals surface area (Å²) >= 11 is 0. The van der Waals surface area contributed by atoms with Crippen LogP contribution in [0.1, 0.15) is 58.3 Å². The fraction of sp³-hybridized carbons (Fsp3) is 0.455. The van der Waals surface area contributed by atoms with Crippen molar-refractivity contribution in [1.29, 1.82) is 0 Å². The average molecular weight is 356 g/mol. The van der Waals surface area contributed by atoms with Crippen LogP contribution in [0, 0.1) is 0 Å². The molecular weight excluding hydrogens is 328 g/mol. The van der Waals surface area contributed by atoms with E-state index >= 15 is 0 Å². The molecule has 0 radical (unpaired) electrons. The molecule has 0 saturated carbocycles. The molecule has 0 bridgehead atoms. The van der Waals surface area contributed by atoms with Crippen molar-refractivity contribution in [2.75, 3.05) is 6.61 Å². The van der Waals surface area contributed by atoms with E-state index in [0.717, 1.165) is 49.3 Å². The number of hydrogen-bond donors (Lipinski definition) is 0. The van der Waals surface area contributed by atoms with Crippen molar-refractivity contribution in [3.63, 3.8) is 0 Å². The summed E-state index contributed by atoms with van der Waals surface area (Å²) < 4.78 is 10.6. The van der Waals surface area contributed by atoms with E-state index in [0.29, 0.717) is 25.2 Å². The molecule has 140 valence electrons. The van der Waals surface area contributed by atoms with E-state index in [1.807, 2.05) is 42.5 Å². The van der Waals surface area contributed by atoms with E-state index in [1.54, 1.807) is 0 Å². The highest BCUT2D eigenvalue weighted by Gasteiger charge is 2.07. The lowest BCUT2D eigenvalue weighted by atomic mass is 10.1. The molecule has 0 aromatic heterocycles. The summed E-state index contributed by atoms with van der Waals surface area (Å²) in [6.45, 7) is 2.64. The lowest BCUT2D eigenvalue weighted by molar-refractivity contribution is -0.143. The number of rotatable bonds is 11. The Kier molecular flexibility index (Phi) is 8.67. The summed E-state index contributed by atoms with van der Waals surface area (Å²) in [4.78, 5) is 23.5. The minimum Gasteiger partial charge on any atom is -0.466 e. The molecular formula is C22H28O4. The molecule has 2 rings (SSSR count). The van der Waals surface area contributed by atoms with Crippen LogP contribution in [0.4, 0.5) is 0 Å². The van der Waals surface area contributed by atoms with E-state index in [9.17, 15) is 9.59 Å². The first-order valence-corrected chi connectivity index (χ1v) is 9.54. The predicted molar refractivity (Wildman–Crippen MR) is 103 cm³/mol. The van der Waals surface area contributed by atoms with Gasteiger partial charge in [-0.3, -0.25) is 9.59 Å². The van der Waals surface area contributed by atoms with Crippen LogP contribution in [0.3, 0.4) is 0 Å². The van der Waals surface area contributed by atoms with Gasteiger partial charge in [0.25, 0.3) is 0 Å². The van der Waals surface area contributed by atoms with Gasteiger partial charge < -0.3 is 9.47 Å². The Bertz CT molecular complexity index is 708. The monoisotopic (exact) mass is 356 g/mol. The molecule has 0 aliphatic carbocycles. The number of benzene rings is 2. The van der Waals surface area contributed by atoms with Crippen molar-refractivity contribution in [2.45, 2.75) is 58.3 Å². The number of carbonyl (C=O) groups is 2. The number of hydrogen-bond acceptors (Lipinski definition) is 4. The van der Waals surface area contributed by atoms with Crippen LogP contribution in [-0.2, 0) is 14.3 Å². The zero-order chi connectivity index (χ0) is 18.6. The molecule has 0 N–H and O–H groups in total. The molecule has 0 saturated heterocycles. The first-order valence-electron chi connectivity index (χ1n) is 9.54. The van der Waals surface area contributed by atoms with Crippen LogP contribution in [0.2, 0.25) is 0 Å². The van der Waals surface area contributed by atoms with Crippen molar-refractivity contribution in [3.8, 4) is 5.75 Å². The second-order valence-electron chi connectivity index (χ2n) is 6.47. The van der Waals surface area contributed by atoms with E-state index in [1.165, 1.54) is 0 Å². The molecule has 2 aromatic carbocycles. The normalized spacial score (nSPS) is 10.7. The first kappa shape index (κ1) is 20.0. The highest BCUT2D eigenvalue weighted by Crippen LogP contribution is 2.21. The third-order valence-corrected chi connectivity index (χ3v) is 4.23. The number of unbranched alkanes of at least 4 members (excludes halogenated alkanes) is 4. The predicted octanol–water partition coefficient (Wildman–Crippen LogP) is 5.43. The maximum absolute atomic E-state index is 11.9. The Morgan fingerprint density at radius 2 is 1.54 bits per heavy atom. The molecule has 4 heteroatoms. The highest BCUT2D eigenvalue weighted by atomic mass is 16.5. The van der Waals surface area contributed by atoms with Gasteiger partial charge in [-0.1, -0.05) is 56.5 Å². The van der Waals surface area contributed by atoms with Crippen molar-refractivity contribution in [2.24, 2.45) is 0 Å². The number of carbonyl (C=O) groups excluding carboxylic acids is 2. The van der Waals surface area contributed by atoms with E-state index in [-0.39, 0.29) is 11.9 Å². The van der Waals surface area contributed by atoms with Crippen molar-refractivity contribution < 1.29 is 19.1 Å². The Hall–Kier alpha value is -2.36. The van der Waals surface area contributed by atoms with Gasteiger partial charge in [-0.15, -0.1) is 0 Å². The van der Waals surface area contributed by atoms with Gasteiger partial charge in [0.1, 0.15) is 5.75 Å². The van der Waals surface area contributed by atoms with Crippen molar-refractivity contribution >= 4 is 22.7 Å². The quantitative estimate of drug-likeness (QED) is 0.306. The van der Waals surface area contributed by atoms with E-state index < -0.39 is 0 Å². The summed E-state index contributed by atoms with van der Waals surface area (Å²) in [6.07, 6.45) is 6.20. The maximum Gasteiger partial charge on any atom is 0.311 e. The second kappa shape index (κ2) is 11.3. The first-order chi connectivity index (χ1) is 12.7. The van der Waals surface area contributed by atoms with Gasteiger partial charge in [0.15, 0.2) is 0 Å². The highest BCUT2D eigenvalue weighted by molar-refractivity contribution is 5.84. The van der Waals surface area contributed by atoms with Gasteiger partial charge in [-0.2, -0.15) is 0 Å². The summed E-state index contributed by atoms with van der Waals surface area (Å²) in [5.41, 5.74) is 0. The average Bonchev–Trinajstić information content (AvgIpc) is 2.65. The van der Waals surface area contributed by atoms with Crippen LogP contribution in [-0.4, -0.2) is 18.5 Å². The fourth-order valence-electron chi connectivity index (χ4n) is 2.74. The fourth-order valence-corrected chi connectivity index (χ4v) is 2.74. The molecule has 0 aliphatic rings. The second-order valence-corrected chi connectivity index (χ2v) is 6.47. The molecule has 2 aromatic rings. The van der Waals surface area contributed by atoms with Gasteiger partial charge in [-0.05, 0) is 42.2 Å². The Balaban J connectivity index is 1.59. The topological polar surface area (TPSA) is 52.6 Å². The number of ether oxygens (including phenoxy) is 2. The van der Waals surface area contributed by atoms with E-state index in [4.69, 9.17) is 9.47 Å². The van der Waals surface area contributed by atoms with Gasteiger partial charge in [0, 0.05) is 12.8 Å². The SMILES string of the molecule is CCCCCOC(=O)CCCCCC(=O)Oc1ccc2ccccc2c1. The standard InChI is InChI=1S/C22H28O4/c1-2-3-9-16-25-21(23)12-5-4-6-13-22(24)26-20-15-14-18-10-7-8-11-19(18)17-20/h7-8,10-11,14-15,17H,2-6,9,12-13,16H2,1H3. The van der Waals surface area contributed by atoms with Crippen LogP contribution in [0.5, 0.6) is 5.75 Å². The maximum atomic E-state index is 11.9. The number of esters is 2. The third kappa shape index (κ3) is 7.26. The van der Waals surface area contributed by atoms with Crippen LogP contribution < -0.4 is 4.74 Å². The Labute approximate surface area is 155 Å².